The van der Waals surface area contributed by atoms with E-state index < -0.39 is 35.3 Å². The molecule has 0 fully saturated rings. The smallest absolute Gasteiger partial charge is 0.283 e. The Kier molecular flexibility index (Phi) is 8.57. The van der Waals surface area contributed by atoms with Gasteiger partial charge >= 0.3 is 0 Å². The molecule has 0 unspecified atom stereocenters. The van der Waals surface area contributed by atoms with E-state index in [1.807, 2.05) is 0 Å². The number of carbonyl (C=O) groups is 2. The molecule has 2 heterocycles. The fourth-order valence-corrected chi connectivity index (χ4v) is 4.15. The molecule has 2 aromatic carbocycles. The maximum atomic E-state index is 14.2. The van der Waals surface area contributed by atoms with Gasteiger partial charge in [-0.25, -0.2) is 17.9 Å². The zero-order chi connectivity index (χ0) is 29.8. The van der Waals surface area contributed by atoms with Gasteiger partial charge in [-0.05, 0) is 42.8 Å². The van der Waals surface area contributed by atoms with Crippen molar-refractivity contribution in [1.29, 1.82) is 0 Å². The zero-order valence-corrected chi connectivity index (χ0v) is 22.3. The summed E-state index contributed by atoms with van der Waals surface area (Å²) in [5.41, 5.74) is 4.35. The van der Waals surface area contributed by atoms with Crippen molar-refractivity contribution in [3.63, 3.8) is 0 Å². The lowest BCUT2D eigenvalue weighted by molar-refractivity contribution is -0.111. The number of nitrogens with one attached hydrogen (secondary N) is 1. The monoisotopic (exact) mass is 586 g/mol. The zero-order valence-electron chi connectivity index (χ0n) is 21.6. The highest BCUT2D eigenvalue weighted by Gasteiger charge is 2.21. The molecule has 2 amide bonds. The molecule has 212 valence electrons. The fourth-order valence-electron chi connectivity index (χ4n) is 3.98. The van der Waals surface area contributed by atoms with Crippen LogP contribution in [0.1, 0.15) is 35.8 Å². The molecular weight excluding hydrogens is 565 g/mol. The molecular formula is C27H22ClF3N6O4. The molecule has 0 aliphatic carbocycles. The van der Waals surface area contributed by atoms with Crippen LogP contribution in [-0.4, -0.2) is 38.5 Å². The summed E-state index contributed by atoms with van der Waals surface area (Å²) in [6, 6.07) is 9.08. The second-order valence-corrected chi connectivity index (χ2v) is 8.96. The van der Waals surface area contributed by atoms with Gasteiger partial charge in [-0.2, -0.15) is 0 Å². The Morgan fingerprint density at radius 2 is 1.90 bits per heavy atom. The first-order chi connectivity index (χ1) is 19.5. The average Bonchev–Trinajstić information content (AvgIpc) is 3.42. The number of pyridine rings is 1. The quantitative estimate of drug-likeness (QED) is 0.270. The second-order valence-electron chi connectivity index (χ2n) is 8.52. The van der Waals surface area contributed by atoms with E-state index in [0.717, 1.165) is 27.6 Å². The van der Waals surface area contributed by atoms with Gasteiger partial charge in [0.05, 0.1) is 30.8 Å². The summed E-state index contributed by atoms with van der Waals surface area (Å²) in [4.78, 5) is 37.9. The van der Waals surface area contributed by atoms with Crippen LogP contribution >= 0.6 is 11.6 Å². The van der Waals surface area contributed by atoms with Gasteiger partial charge < -0.3 is 15.8 Å². The maximum absolute atomic E-state index is 14.2. The van der Waals surface area contributed by atoms with Crippen LogP contribution < -0.4 is 21.3 Å². The molecule has 0 radical (unpaired) electrons. The molecule has 0 aliphatic rings. The van der Waals surface area contributed by atoms with E-state index in [1.54, 1.807) is 6.92 Å². The first kappa shape index (κ1) is 29.1. The Morgan fingerprint density at radius 1 is 1.15 bits per heavy atom. The van der Waals surface area contributed by atoms with Gasteiger partial charge in [0.2, 0.25) is 0 Å². The van der Waals surface area contributed by atoms with Crippen molar-refractivity contribution >= 4 is 34.8 Å². The number of amides is 2. The van der Waals surface area contributed by atoms with Crippen LogP contribution in [-0.2, 0) is 4.79 Å². The van der Waals surface area contributed by atoms with Crippen LogP contribution in [0.25, 0.3) is 22.5 Å². The summed E-state index contributed by atoms with van der Waals surface area (Å²) in [5.74, 6) is -2.51. The summed E-state index contributed by atoms with van der Waals surface area (Å²) >= 11 is 6.22. The van der Waals surface area contributed by atoms with E-state index in [9.17, 15) is 27.6 Å². The number of rotatable bonds is 9. The average molecular weight is 587 g/mol. The normalized spacial score (nSPS) is 11.5. The van der Waals surface area contributed by atoms with Crippen LogP contribution in [0.5, 0.6) is 5.75 Å². The number of anilines is 1. The van der Waals surface area contributed by atoms with Crippen molar-refractivity contribution in [2.24, 2.45) is 5.73 Å². The molecule has 0 spiro atoms. The minimum atomic E-state index is -2.84. The molecule has 2 aromatic heterocycles. The number of benzene rings is 2. The number of carbonyl (C=O) groups excluding carboxylic acids is 2. The predicted octanol–water partition coefficient (Wildman–Crippen LogP) is 4.82. The number of nitrogens with zero attached hydrogens (tertiary/aromatic N) is 4. The van der Waals surface area contributed by atoms with Crippen molar-refractivity contribution in [3.05, 3.63) is 93.4 Å². The Bertz CT molecular complexity index is 1730. The van der Waals surface area contributed by atoms with Gasteiger partial charge in [0, 0.05) is 27.9 Å². The van der Waals surface area contributed by atoms with Crippen molar-refractivity contribution in [1.82, 2.24) is 19.6 Å². The third kappa shape index (κ3) is 6.14. The first-order valence-corrected chi connectivity index (χ1v) is 12.3. The second kappa shape index (κ2) is 12.1. The van der Waals surface area contributed by atoms with E-state index in [-0.39, 0.29) is 39.0 Å². The molecule has 10 nitrogen and oxygen atoms in total. The van der Waals surface area contributed by atoms with Crippen LogP contribution in [0.15, 0.2) is 65.7 Å². The molecule has 3 N–H and O–H groups in total. The Hall–Kier alpha value is -4.91. The van der Waals surface area contributed by atoms with Gasteiger partial charge in [0.15, 0.2) is 0 Å². The molecule has 4 rings (SSSR count). The predicted molar refractivity (Wildman–Crippen MR) is 146 cm³/mol. The Balaban J connectivity index is 1.77. The van der Waals surface area contributed by atoms with Crippen LogP contribution in [0, 0.1) is 5.82 Å². The molecule has 0 atom stereocenters. The number of methoxy groups -OCH3 is 1. The lowest BCUT2D eigenvalue weighted by atomic mass is 10.0. The molecule has 41 heavy (non-hydrogen) atoms. The SMILES string of the molecule is CC/C=C(\C(=O)Nc1ccc(C(N)=O)c(F)c1)n1cc(OC)c(-c2cc(Cl)ccc2-n2cc(C(F)F)nn2)cc1=O. The van der Waals surface area contributed by atoms with Gasteiger partial charge in [0.1, 0.15) is 23.0 Å². The third-order valence-corrected chi connectivity index (χ3v) is 6.08. The fraction of sp³-hybridized carbons (Fsp3) is 0.148. The van der Waals surface area contributed by atoms with Crippen molar-refractivity contribution in [2.45, 2.75) is 19.8 Å². The molecule has 14 heteroatoms. The highest BCUT2D eigenvalue weighted by molar-refractivity contribution is 6.31. The lowest BCUT2D eigenvalue weighted by Crippen LogP contribution is -2.26. The number of allylic oxidation sites excluding steroid dienone is 1. The number of hydrogen-bond donors (Lipinski definition) is 2. The van der Waals surface area contributed by atoms with E-state index >= 15 is 0 Å². The number of halogens is 4. The Morgan fingerprint density at radius 3 is 2.51 bits per heavy atom. The van der Waals surface area contributed by atoms with E-state index in [2.05, 4.69) is 15.6 Å². The number of primary amides is 1. The minimum absolute atomic E-state index is 0.0238. The van der Waals surface area contributed by atoms with E-state index in [4.69, 9.17) is 22.1 Å². The van der Waals surface area contributed by atoms with E-state index in [0.29, 0.717) is 12.0 Å². The van der Waals surface area contributed by atoms with E-state index in [1.165, 1.54) is 49.7 Å². The van der Waals surface area contributed by atoms with Crippen LogP contribution in [0.3, 0.4) is 0 Å². The first-order valence-electron chi connectivity index (χ1n) is 12.0. The topological polar surface area (TPSA) is 134 Å². The molecule has 0 saturated carbocycles. The number of nitrogens with two attached hydrogens (primary N) is 1. The minimum Gasteiger partial charge on any atom is -0.495 e. The molecule has 0 bridgehead atoms. The van der Waals surface area contributed by atoms with Gasteiger partial charge in [-0.1, -0.05) is 29.8 Å². The van der Waals surface area contributed by atoms with Crippen molar-refractivity contribution < 1.29 is 27.5 Å². The highest BCUT2D eigenvalue weighted by Crippen LogP contribution is 2.35. The van der Waals surface area contributed by atoms with Gasteiger partial charge in [0.25, 0.3) is 23.8 Å². The molecule has 4 aromatic rings. The number of alkyl halides is 2. The van der Waals surface area contributed by atoms with Crippen LogP contribution in [0.4, 0.5) is 18.9 Å². The molecule has 0 aliphatic heterocycles. The highest BCUT2D eigenvalue weighted by atomic mass is 35.5. The largest absolute Gasteiger partial charge is 0.495 e. The van der Waals surface area contributed by atoms with Gasteiger partial charge in [-0.3, -0.25) is 19.0 Å². The number of hydrogen-bond acceptors (Lipinski definition) is 6. The number of aromatic nitrogens is 4. The van der Waals surface area contributed by atoms with Crippen molar-refractivity contribution in [3.8, 4) is 22.6 Å². The third-order valence-electron chi connectivity index (χ3n) is 5.85. The molecule has 0 saturated heterocycles. The summed E-state index contributed by atoms with van der Waals surface area (Å²) < 4.78 is 48.2. The summed E-state index contributed by atoms with van der Waals surface area (Å²) in [6.07, 6.45) is 1.33. The Labute approximate surface area is 235 Å². The maximum Gasteiger partial charge on any atom is 0.283 e. The summed E-state index contributed by atoms with van der Waals surface area (Å²) in [5, 5.41) is 10.0. The standard InChI is InChI=1S/C27H22ClF3N6O4/c1-3-4-22(27(40)33-15-6-7-16(26(32)39)19(29)10-15)36-13-23(41-2)18(11-24(36)38)17-9-14(28)5-8-21(17)37-12-20(25(30)31)34-35-37/h4-13,25H,3H2,1-2H3,(H2,32,39)(H,33,40)/b22-4+. The number of ether oxygens (including phenoxy) is 1. The van der Waals surface area contributed by atoms with Crippen molar-refractivity contribution in [2.75, 3.05) is 12.4 Å². The van der Waals surface area contributed by atoms with Crippen LogP contribution in [0.2, 0.25) is 5.02 Å². The summed E-state index contributed by atoms with van der Waals surface area (Å²) in [7, 11) is 1.34. The summed E-state index contributed by atoms with van der Waals surface area (Å²) in [6.45, 7) is 1.75. The lowest BCUT2D eigenvalue weighted by Gasteiger charge is -2.17. The van der Waals surface area contributed by atoms with Gasteiger partial charge in [-0.15, -0.1) is 5.10 Å².